The van der Waals surface area contributed by atoms with Crippen molar-refractivity contribution in [2.24, 2.45) is 5.73 Å². The van der Waals surface area contributed by atoms with Crippen LogP contribution in [0.2, 0.25) is 0 Å². The molecule has 0 bridgehead atoms. The Kier molecular flexibility index (Phi) is 4.42. The van der Waals surface area contributed by atoms with Gasteiger partial charge in [0.05, 0.1) is 22.9 Å². The number of hydrogen-bond donors (Lipinski definition) is 1. The molecule has 0 radical (unpaired) electrons. The van der Waals surface area contributed by atoms with Gasteiger partial charge in [-0.05, 0) is 44.2 Å². The van der Waals surface area contributed by atoms with Crippen LogP contribution in [0.25, 0.3) is 22.3 Å². The first-order valence-corrected chi connectivity index (χ1v) is 8.04. The Morgan fingerprint density at radius 3 is 2.38 bits per heavy atom. The number of benzene rings is 2. The van der Waals surface area contributed by atoms with Crippen LogP contribution in [0.1, 0.15) is 24.2 Å². The van der Waals surface area contributed by atoms with Gasteiger partial charge in [0.15, 0.2) is 0 Å². The molecule has 0 unspecified atom stereocenters. The third-order valence-electron chi connectivity index (χ3n) is 4.12. The Labute approximate surface area is 141 Å². The van der Waals surface area contributed by atoms with Crippen LogP contribution in [0.5, 0.6) is 0 Å². The number of carbonyl (C=O) groups excluding carboxylic acids is 1. The third kappa shape index (κ3) is 3.06. The van der Waals surface area contributed by atoms with E-state index >= 15 is 0 Å². The van der Waals surface area contributed by atoms with Crippen LogP contribution in [-0.4, -0.2) is 29.0 Å². The molecule has 0 spiro atoms. The molecule has 0 saturated carbocycles. The van der Waals surface area contributed by atoms with Gasteiger partial charge in [-0.2, -0.15) is 0 Å². The van der Waals surface area contributed by atoms with Gasteiger partial charge in [-0.25, -0.2) is 4.98 Å². The maximum atomic E-state index is 11.2. The lowest BCUT2D eigenvalue weighted by Gasteiger charge is -2.21. The maximum Gasteiger partial charge on any atom is 0.248 e. The molecular formula is C19H20N4O. The van der Waals surface area contributed by atoms with Gasteiger partial charge in [0, 0.05) is 29.9 Å². The van der Waals surface area contributed by atoms with Gasteiger partial charge in [-0.3, -0.25) is 9.78 Å². The van der Waals surface area contributed by atoms with E-state index in [0.717, 1.165) is 29.9 Å². The summed E-state index contributed by atoms with van der Waals surface area (Å²) in [5, 5.41) is 0. The number of carbonyl (C=O) groups is 1. The molecule has 122 valence electrons. The summed E-state index contributed by atoms with van der Waals surface area (Å²) in [4.78, 5) is 22.6. The maximum absolute atomic E-state index is 11.2. The van der Waals surface area contributed by atoms with Crippen LogP contribution in [0.15, 0.2) is 48.7 Å². The highest BCUT2D eigenvalue weighted by atomic mass is 16.1. The lowest BCUT2D eigenvalue weighted by Crippen LogP contribution is -2.21. The minimum Gasteiger partial charge on any atom is -0.372 e. The standard InChI is InChI=1S/C19H20N4O/c1-3-23(4-2)15-8-5-13(6-9-15)18-12-21-17-11-14(19(20)24)7-10-16(17)22-18/h5-12H,3-4H2,1-2H3,(H2,20,24). The Morgan fingerprint density at radius 1 is 1.04 bits per heavy atom. The highest BCUT2D eigenvalue weighted by molar-refractivity contribution is 5.96. The normalized spacial score (nSPS) is 10.8. The van der Waals surface area contributed by atoms with Gasteiger partial charge in [0.1, 0.15) is 0 Å². The molecule has 3 rings (SSSR count). The van der Waals surface area contributed by atoms with Crippen molar-refractivity contribution in [3.63, 3.8) is 0 Å². The number of amides is 1. The molecule has 24 heavy (non-hydrogen) atoms. The molecule has 1 amide bonds. The summed E-state index contributed by atoms with van der Waals surface area (Å²) in [6, 6.07) is 13.4. The second-order valence-electron chi connectivity index (χ2n) is 5.54. The number of fused-ring (bicyclic) bond motifs is 1. The molecule has 0 aliphatic rings. The Morgan fingerprint density at radius 2 is 1.75 bits per heavy atom. The average Bonchev–Trinajstić information content (AvgIpc) is 2.62. The molecule has 5 heteroatoms. The number of rotatable bonds is 5. The van der Waals surface area contributed by atoms with Crippen LogP contribution in [0, 0.1) is 0 Å². The van der Waals surface area contributed by atoms with Crippen molar-refractivity contribution in [1.29, 1.82) is 0 Å². The summed E-state index contributed by atoms with van der Waals surface area (Å²) >= 11 is 0. The van der Waals surface area contributed by atoms with E-state index in [-0.39, 0.29) is 0 Å². The fourth-order valence-electron chi connectivity index (χ4n) is 2.73. The van der Waals surface area contributed by atoms with Gasteiger partial charge in [-0.15, -0.1) is 0 Å². The first-order chi connectivity index (χ1) is 11.6. The Hall–Kier alpha value is -2.95. The second-order valence-corrected chi connectivity index (χ2v) is 5.54. The number of nitrogens with two attached hydrogens (primary N) is 1. The zero-order valence-electron chi connectivity index (χ0n) is 13.9. The lowest BCUT2D eigenvalue weighted by atomic mass is 10.1. The number of hydrogen-bond acceptors (Lipinski definition) is 4. The second kappa shape index (κ2) is 6.66. The van der Waals surface area contributed by atoms with Crippen LogP contribution >= 0.6 is 0 Å². The number of anilines is 1. The smallest absolute Gasteiger partial charge is 0.248 e. The van der Waals surface area contributed by atoms with E-state index in [1.807, 2.05) is 0 Å². The van der Waals surface area contributed by atoms with E-state index in [2.05, 4.69) is 53.0 Å². The van der Waals surface area contributed by atoms with Gasteiger partial charge in [0.25, 0.3) is 0 Å². The van der Waals surface area contributed by atoms with Gasteiger partial charge in [-0.1, -0.05) is 12.1 Å². The minimum absolute atomic E-state index is 0.438. The summed E-state index contributed by atoms with van der Waals surface area (Å²) in [7, 11) is 0. The van der Waals surface area contributed by atoms with Crippen LogP contribution in [-0.2, 0) is 0 Å². The van der Waals surface area contributed by atoms with Gasteiger partial charge in [0.2, 0.25) is 5.91 Å². The van der Waals surface area contributed by atoms with Crippen molar-refractivity contribution in [2.75, 3.05) is 18.0 Å². The number of primary amides is 1. The van der Waals surface area contributed by atoms with Gasteiger partial charge >= 0.3 is 0 Å². The zero-order valence-corrected chi connectivity index (χ0v) is 13.9. The molecule has 0 fully saturated rings. The van der Waals surface area contributed by atoms with E-state index in [1.54, 1.807) is 24.4 Å². The molecule has 3 aromatic rings. The topological polar surface area (TPSA) is 72.1 Å². The highest BCUT2D eigenvalue weighted by Gasteiger charge is 2.07. The Bertz CT molecular complexity index is 870. The fourth-order valence-corrected chi connectivity index (χ4v) is 2.73. The first-order valence-electron chi connectivity index (χ1n) is 8.04. The zero-order chi connectivity index (χ0) is 17.1. The van der Waals surface area contributed by atoms with Crippen molar-refractivity contribution >= 4 is 22.6 Å². The number of nitrogens with zero attached hydrogens (tertiary/aromatic N) is 3. The fraction of sp³-hybridized carbons (Fsp3) is 0.211. The van der Waals surface area contributed by atoms with Crippen molar-refractivity contribution in [3.05, 3.63) is 54.2 Å². The van der Waals surface area contributed by atoms with Crippen LogP contribution in [0.3, 0.4) is 0 Å². The predicted molar refractivity (Wildman–Crippen MR) is 97.1 cm³/mol. The quantitative estimate of drug-likeness (QED) is 0.783. The van der Waals surface area contributed by atoms with Crippen LogP contribution in [0.4, 0.5) is 5.69 Å². The predicted octanol–water partition coefficient (Wildman–Crippen LogP) is 3.24. The third-order valence-corrected chi connectivity index (χ3v) is 4.12. The van der Waals surface area contributed by atoms with Gasteiger partial charge < -0.3 is 10.6 Å². The SMILES string of the molecule is CCN(CC)c1ccc(-c2cnc3cc(C(N)=O)ccc3n2)cc1. The van der Waals surface area contributed by atoms with Crippen LogP contribution < -0.4 is 10.6 Å². The molecule has 0 aliphatic heterocycles. The lowest BCUT2D eigenvalue weighted by molar-refractivity contribution is 0.100. The molecule has 2 aromatic carbocycles. The molecule has 0 saturated heterocycles. The summed E-state index contributed by atoms with van der Waals surface area (Å²) in [6.45, 7) is 6.25. The molecule has 5 nitrogen and oxygen atoms in total. The van der Waals surface area contributed by atoms with Crippen molar-refractivity contribution in [3.8, 4) is 11.3 Å². The molecule has 0 atom stereocenters. The summed E-state index contributed by atoms with van der Waals surface area (Å²) < 4.78 is 0. The van der Waals surface area contributed by atoms with E-state index in [4.69, 9.17) is 5.73 Å². The molecule has 2 N–H and O–H groups in total. The number of aromatic nitrogens is 2. The van der Waals surface area contributed by atoms with Crippen molar-refractivity contribution in [2.45, 2.75) is 13.8 Å². The first kappa shape index (κ1) is 15.9. The average molecular weight is 320 g/mol. The summed E-state index contributed by atoms with van der Waals surface area (Å²) in [6.07, 6.45) is 1.72. The molecule has 0 aliphatic carbocycles. The van der Waals surface area contributed by atoms with E-state index < -0.39 is 5.91 Å². The van der Waals surface area contributed by atoms with E-state index in [0.29, 0.717) is 11.1 Å². The monoisotopic (exact) mass is 320 g/mol. The minimum atomic E-state index is -0.463. The largest absolute Gasteiger partial charge is 0.372 e. The summed E-state index contributed by atoms with van der Waals surface area (Å²) in [5.74, 6) is -0.463. The Balaban J connectivity index is 1.94. The van der Waals surface area contributed by atoms with Crippen molar-refractivity contribution in [1.82, 2.24) is 9.97 Å². The van der Waals surface area contributed by atoms with Crippen molar-refractivity contribution < 1.29 is 4.79 Å². The summed E-state index contributed by atoms with van der Waals surface area (Å²) in [5.41, 5.74) is 10.2. The van der Waals surface area contributed by atoms with E-state index in [9.17, 15) is 4.79 Å². The molecular weight excluding hydrogens is 300 g/mol. The highest BCUT2D eigenvalue weighted by Crippen LogP contribution is 2.23. The molecule has 1 aromatic heterocycles. The molecule has 1 heterocycles. The van der Waals surface area contributed by atoms with E-state index in [1.165, 1.54) is 5.69 Å².